The zero-order valence-corrected chi connectivity index (χ0v) is 6.68. The fourth-order valence-corrected chi connectivity index (χ4v) is 0.617. The molecule has 0 unspecified atom stereocenters. The summed E-state index contributed by atoms with van der Waals surface area (Å²) in [7, 11) is 0. The first-order chi connectivity index (χ1) is 6.30. The van der Waals surface area contributed by atoms with E-state index in [-0.39, 0.29) is 0 Å². The maximum absolute atomic E-state index is 10.3. The van der Waals surface area contributed by atoms with Crippen LogP contribution in [0.15, 0.2) is 36.7 Å². The number of ketones is 2. The van der Waals surface area contributed by atoms with Crippen molar-refractivity contribution in [2.24, 2.45) is 0 Å². The van der Waals surface area contributed by atoms with E-state index in [9.17, 15) is 9.59 Å². The van der Waals surface area contributed by atoms with E-state index in [2.05, 4.69) is 15.4 Å². The Balaban J connectivity index is 0.000000145. The second kappa shape index (κ2) is 4.76. The van der Waals surface area contributed by atoms with Crippen LogP contribution in [-0.2, 0) is 9.59 Å². The second-order valence-corrected chi connectivity index (χ2v) is 2.10. The molecule has 0 saturated carbocycles. The standard InChI is InChI=1S/C6H4O2.C2H3N3/c7-5-3-1-2-4-6(5)8;1-2-4-5-3-1/h1-4H;1-2H,(H,3,4,5). The number of aromatic amines is 1. The number of rotatable bonds is 0. The maximum atomic E-state index is 10.3. The van der Waals surface area contributed by atoms with Crippen molar-refractivity contribution in [3.8, 4) is 0 Å². The van der Waals surface area contributed by atoms with Gasteiger partial charge in [0.2, 0.25) is 11.6 Å². The first-order valence-corrected chi connectivity index (χ1v) is 3.53. The van der Waals surface area contributed by atoms with Gasteiger partial charge in [-0.15, -0.1) is 0 Å². The molecule has 0 saturated heterocycles. The van der Waals surface area contributed by atoms with Crippen LogP contribution >= 0.6 is 0 Å². The summed E-state index contributed by atoms with van der Waals surface area (Å²) in [5.41, 5.74) is 0. The Bertz CT molecular complexity index is 299. The van der Waals surface area contributed by atoms with Gasteiger partial charge in [0.1, 0.15) is 0 Å². The average molecular weight is 177 g/mol. The van der Waals surface area contributed by atoms with Crippen molar-refractivity contribution in [3.05, 3.63) is 36.7 Å². The normalized spacial score (nSPS) is 13.8. The predicted octanol–water partition coefficient (Wildman–Crippen LogP) is 0.0553. The van der Waals surface area contributed by atoms with Crippen LogP contribution in [0.2, 0.25) is 0 Å². The molecule has 0 radical (unpaired) electrons. The van der Waals surface area contributed by atoms with Crippen LogP contribution in [0.1, 0.15) is 0 Å². The van der Waals surface area contributed by atoms with E-state index in [0.29, 0.717) is 0 Å². The van der Waals surface area contributed by atoms with Crippen LogP contribution < -0.4 is 0 Å². The van der Waals surface area contributed by atoms with Crippen molar-refractivity contribution in [2.75, 3.05) is 0 Å². The van der Waals surface area contributed by atoms with E-state index < -0.39 is 11.6 Å². The number of carbonyl (C=O) groups is 2. The Morgan fingerprint density at radius 1 is 0.923 bits per heavy atom. The van der Waals surface area contributed by atoms with Crippen molar-refractivity contribution in [1.82, 2.24) is 15.4 Å². The molecule has 1 N–H and O–H groups in total. The lowest BCUT2D eigenvalue weighted by molar-refractivity contribution is -0.131. The monoisotopic (exact) mass is 177 g/mol. The Morgan fingerprint density at radius 3 is 1.62 bits per heavy atom. The van der Waals surface area contributed by atoms with Gasteiger partial charge in [-0.1, -0.05) is 12.2 Å². The van der Waals surface area contributed by atoms with E-state index >= 15 is 0 Å². The van der Waals surface area contributed by atoms with Gasteiger partial charge in [0.15, 0.2) is 0 Å². The molecule has 1 aromatic heterocycles. The first kappa shape index (κ1) is 9.05. The Hall–Kier alpha value is -2.04. The topological polar surface area (TPSA) is 75.7 Å². The largest absolute Gasteiger partial charge is 0.286 e. The Labute approximate surface area is 74.2 Å². The summed E-state index contributed by atoms with van der Waals surface area (Å²) in [5, 5.41) is 9.33. The van der Waals surface area contributed by atoms with Gasteiger partial charge in [-0.25, -0.2) is 0 Å². The fraction of sp³-hybridized carbons (Fsp3) is 0. The molecular weight excluding hydrogens is 170 g/mol. The molecule has 1 aliphatic carbocycles. The van der Waals surface area contributed by atoms with Crippen molar-refractivity contribution >= 4 is 11.6 Å². The van der Waals surface area contributed by atoms with Crippen LogP contribution in [0, 0.1) is 0 Å². The minimum Gasteiger partial charge on any atom is -0.286 e. The van der Waals surface area contributed by atoms with Crippen LogP contribution in [0.3, 0.4) is 0 Å². The predicted molar refractivity (Wildman–Crippen MR) is 44.7 cm³/mol. The summed E-state index contributed by atoms with van der Waals surface area (Å²) in [6.07, 6.45) is 8.76. The lowest BCUT2D eigenvalue weighted by Gasteiger charge is -1.88. The molecule has 0 fully saturated rings. The third-order valence-corrected chi connectivity index (χ3v) is 1.18. The minimum atomic E-state index is -0.437. The molecule has 5 heteroatoms. The van der Waals surface area contributed by atoms with Gasteiger partial charge >= 0.3 is 0 Å². The summed E-state index contributed by atoms with van der Waals surface area (Å²) in [5.74, 6) is -0.875. The van der Waals surface area contributed by atoms with Crippen LogP contribution in [0.4, 0.5) is 0 Å². The highest BCUT2D eigenvalue weighted by molar-refractivity contribution is 6.46. The van der Waals surface area contributed by atoms with Gasteiger partial charge in [0, 0.05) is 0 Å². The fourth-order valence-electron chi connectivity index (χ4n) is 0.617. The van der Waals surface area contributed by atoms with E-state index in [0.717, 1.165) is 0 Å². The number of hydrogen-bond acceptors (Lipinski definition) is 4. The quantitative estimate of drug-likeness (QED) is 0.449. The number of aromatic nitrogens is 3. The highest BCUT2D eigenvalue weighted by atomic mass is 16.2. The van der Waals surface area contributed by atoms with E-state index in [1.165, 1.54) is 12.2 Å². The van der Waals surface area contributed by atoms with Gasteiger partial charge in [-0.3, -0.25) is 9.59 Å². The highest BCUT2D eigenvalue weighted by Crippen LogP contribution is 1.90. The smallest absolute Gasteiger partial charge is 0.225 e. The molecule has 13 heavy (non-hydrogen) atoms. The summed E-state index contributed by atoms with van der Waals surface area (Å²) >= 11 is 0. The lowest BCUT2D eigenvalue weighted by atomic mass is 10.1. The molecule has 0 atom stereocenters. The molecule has 5 nitrogen and oxygen atoms in total. The minimum absolute atomic E-state index is 0.437. The molecular formula is C8H7N3O2. The maximum Gasteiger partial charge on any atom is 0.225 e. The molecule has 1 aromatic rings. The molecule has 1 aliphatic rings. The van der Waals surface area contributed by atoms with Crippen LogP contribution in [-0.4, -0.2) is 27.0 Å². The van der Waals surface area contributed by atoms with Gasteiger partial charge in [-0.2, -0.15) is 15.4 Å². The number of nitrogens with zero attached hydrogens (tertiary/aromatic N) is 2. The summed E-state index contributed by atoms with van der Waals surface area (Å²) in [6, 6.07) is 0. The molecule has 0 spiro atoms. The third kappa shape index (κ3) is 3.24. The summed E-state index contributed by atoms with van der Waals surface area (Å²) in [4.78, 5) is 20.6. The molecule has 0 aliphatic heterocycles. The molecule has 0 bridgehead atoms. The van der Waals surface area contributed by atoms with E-state index in [1.54, 1.807) is 24.5 Å². The van der Waals surface area contributed by atoms with E-state index in [1.807, 2.05) is 0 Å². The number of nitrogens with one attached hydrogen (secondary N) is 1. The number of H-pyrrole nitrogens is 1. The molecule has 0 amide bonds. The van der Waals surface area contributed by atoms with Crippen molar-refractivity contribution in [1.29, 1.82) is 0 Å². The van der Waals surface area contributed by atoms with Gasteiger partial charge in [-0.05, 0) is 12.2 Å². The number of carbonyl (C=O) groups excluding carboxylic acids is 2. The molecule has 2 rings (SSSR count). The lowest BCUT2D eigenvalue weighted by Crippen LogP contribution is -2.08. The molecule has 0 aromatic carbocycles. The number of hydrogen-bond donors (Lipinski definition) is 1. The average Bonchev–Trinajstić information content (AvgIpc) is 2.68. The van der Waals surface area contributed by atoms with Crippen molar-refractivity contribution < 1.29 is 9.59 Å². The highest BCUT2D eigenvalue weighted by Gasteiger charge is 2.06. The Morgan fingerprint density at radius 2 is 1.38 bits per heavy atom. The second-order valence-electron chi connectivity index (χ2n) is 2.10. The van der Waals surface area contributed by atoms with Gasteiger partial charge < -0.3 is 0 Å². The molecule has 66 valence electrons. The third-order valence-electron chi connectivity index (χ3n) is 1.18. The Kier molecular flexibility index (Phi) is 3.31. The summed E-state index contributed by atoms with van der Waals surface area (Å²) < 4.78 is 0. The van der Waals surface area contributed by atoms with Crippen molar-refractivity contribution in [3.63, 3.8) is 0 Å². The van der Waals surface area contributed by atoms with Crippen LogP contribution in [0.25, 0.3) is 0 Å². The van der Waals surface area contributed by atoms with Crippen LogP contribution in [0.5, 0.6) is 0 Å². The first-order valence-electron chi connectivity index (χ1n) is 3.53. The molecule has 1 heterocycles. The van der Waals surface area contributed by atoms with Gasteiger partial charge in [0.05, 0.1) is 12.4 Å². The zero-order chi connectivity index (χ0) is 9.52. The van der Waals surface area contributed by atoms with Gasteiger partial charge in [0.25, 0.3) is 0 Å². The SMILES string of the molecule is O=C1C=CC=CC1=O.c1cn[nH]n1. The zero-order valence-electron chi connectivity index (χ0n) is 6.68. The van der Waals surface area contributed by atoms with Crippen molar-refractivity contribution in [2.45, 2.75) is 0 Å². The number of allylic oxidation sites excluding steroid dienone is 4. The summed E-state index contributed by atoms with van der Waals surface area (Å²) in [6.45, 7) is 0. The van der Waals surface area contributed by atoms with E-state index in [4.69, 9.17) is 0 Å².